The van der Waals surface area contributed by atoms with Gasteiger partial charge in [-0.3, -0.25) is 4.79 Å². The van der Waals surface area contributed by atoms with Crippen LogP contribution in [-0.2, 0) is 20.9 Å². The summed E-state index contributed by atoms with van der Waals surface area (Å²) in [5, 5.41) is 0. The fraction of sp³-hybridized carbons (Fsp3) is 0.217. The molecule has 0 aromatic heterocycles. The van der Waals surface area contributed by atoms with Crippen LogP contribution in [0.2, 0.25) is 0 Å². The first-order chi connectivity index (χ1) is 14.7. The lowest BCUT2D eigenvalue weighted by Crippen LogP contribution is -2.38. The molecule has 2 aromatic carbocycles. The molecule has 0 bridgehead atoms. The van der Waals surface area contributed by atoms with E-state index in [1.165, 1.54) is 31.2 Å². The summed E-state index contributed by atoms with van der Waals surface area (Å²) in [7, 11) is 0. The van der Waals surface area contributed by atoms with Crippen LogP contribution in [-0.4, -0.2) is 23.4 Å². The fourth-order valence-electron chi connectivity index (χ4n) is 3.57. The van der Waals surface area contributed by atoms with E-state index < -0.39 is 41.1 Å². The second-order valence-electron chi connectivity index (χ2n) is 7.00. The number of allylic oxidation sites excluding steroid dienone is 1. The summed E-state index contributed by atoms with van der Waals surface area (Å²) in [5.41, 5.74) is -0.0411. The quantitative estimate of drug-likeness (QED) is 0.375. The summed E-state index contributed by atoms with van der Waals surface area (Å²) in [4.78, 5) is 26.7. The molecule has 0 spiro atoms. The first-order valence-corrected chi connectivity index (χ1v) is 9.41. The highest BCUT2D eigenvalue weighted by Gasteiger charge is 2.38. The van der Waals surface area contributed by atoms with Crippen molar-refractivity contribution in [3.63, 3.8) is 0 Å². The van der Waals surface area contributed by atoms with Crippen LogP contribution in [0.25, 0.3) is 0 Å². The van der Waals surface area contributed by atoms with Crippen LogP contribution in [0.3, 0.4) is 0 Å². The monoisotopic (exact) mass is 433 g/mol. The third kappa shape index (κ3) is 4.52. The van der Waals surface area contributed by atoms with Crippen LogP contribution in [0, 0.1) is 23.3 Å². The van der Waals surface area contributed by atoms with Crippen molar-refractivity contribution in [2.24, 2.45) is 0 Å². The number of carbonyl (C=O) groups excluding carboxylic acids is 2. The summed E-state index contributed by atoms with van der Waals surface area (Å²) in [5.74, 6) is -6.27. The Morgan fingerprint density at radius 1 is 1.19 bits per heavy atom. The van der Waals surface area contributed by atoms with Gasteiger partial charge < -0.3 is 9.64 Å². The number of nitrogens with zero attached hydrogens (tertiary/aromatic N) is 1. The number of carbonyl (C=O) groups is 2. The number of hydrogen-bond donors (Lipinski definition) is 0. The highest BCUT2D eigenvalue weighted by molar-refractivity contribution is 5.96. The van der Waals surface area contributed by atoms with Crippen molar-refractivity contribution in [1.82, 2.24) is 4.90 Å². The maximum Gasteiger partial charge on any atom is 0.336 e. The average Bonchev–Trinajstić information content (AvgIpc) is 2.72. The van der Waals surface area contributed by atoms with E-state index >= 15 is 0 Å². The molecule has 1 atom stereocenters. The predicted octanol–water partition coefficient (Wildman–Crippen LogP) is 4.76. The van der Waals surface area contributed by atoms with Gasteiger partial charge >= 0.3 is 5.97 Å². The minimum absolute atomic E-state index is 0.0243. The Morgan fingerprint density at radius 2 is 1.94 bits per heavy atom. The molecule has 31 heavy (non-hydrogen) atoms. The van der Waals surface area contributed by atoms with Gasteiger partial charge in [-0.15, -0.1) is 0 Å². The molecule has 162 valence electrons. The first kappa shape index (κ1) is 22.3. The molecule has 1 aliphatic rings. The first-order valence-electron chi connectivity index (χ1n) is 9.41. The zero-order chi connectivity index (χ0) is 22.7. The number of rotatable bonds is 6. The lowest BCUT2D eigenvalue weighted by atomic mass is 9.83. The van der Waals surface area contributed by atoms with Gasteiger partial charge in [-0.25, -0.2) is 22.4 Å². The van der Waals surface area contributed by atoms with Crippen molar-refractivity contribution in [2.45, 2.75) is 25.8 Å². The third-order valence-electron chi connectivity index (χ3n) is 5.07. The molecule has 0 radical (unpaired) electrons. The largest absolute Gasteiger partial charge is 0.458 e. The molecule has 0 unspecified atom stereocenters. The minimum Gasteiger partial charge on any atom is -0.458 e. The summed E-state index contributed by atoms with van der Waals surface area (Å²) in [6, 6.07) is 6.43. The Morgan fingerprint density at radius 3 is 2.61 bits per heavy atom. The molecule has 0 N–H and O–H groups in total. The Balaban J connectivity index is 2.08. The molecule has 8 heteroatoms. The molecule has 0 saturated carbocycles. The number of hydrogen-bond acceptors (Lipinski definition) is 3. The Bertz CT molecular complexity index is 1080. The van der Waals surface area contributed by atoms with Gasteiger partial charge in [-0.1, -0.05) is 30.9 Å². The molecular formula is C23H19F4NO3. The van der Waals surface area contributed by atoms with Crippen molar-refractivity contribution in [3.05, 3.63) is 94.7 Å². The van der Waals surface area contributed by atoms with Crippen molar-refractivity contribution in [1.29, 1.82) is 0 Å². The predicted molar refractivity (Wildman–Crippen MR) is 104 cm³/mol. The van der Waals surface area contributed by atoms with E-state index in [0.717, 1.165) is 17.0 Å². The highest BCUT2D eigenvalue weighted by atomic mass is 19.2. The van der Waals surface area contributed by atoms with Crippen molar-refractivity contribution < 1.29 is 31.9 Å². The van der Waals surface area contributed by atoms with Crippen LogP contribution in [0.1, 0.15) is 30.4 Å². The van der Waals surface area contributed by atoms with Gasteiger partial charge in [0, 0.05) is 29.7 Å². The zero-order valence-electron chi connectivity index (χ0n) is 16.6. The van der Waals surface area contributed by atoms with Gasteiger partial charge in [-0.2, -0.15) is 0 Å². The summed E-state index contributed by atoms with van der Waals surface area (Å²) in [6.45, 7) is 4.45. The SMILES string of the molecule is C=CCOC(=O)C1=C(C)N(Cc2cccc(F)c2F)C(=O)C[C@@H]1c1ccc(F)cc1F. The third-order valence-corrected chi connectivity index (χ3v) is 5.07. The molecule has 1 amide bonds. The van der Waals surface area contributed by atoms with Crippen molar-refractivity contribution >= 4 is 11.9 Å². The van der Waals surface area contributed by atoms with E-state index in [2.05, 4.69) is 6.58 Å². The average molecular weight is 433 g/mol. The van der Waals surface area contributed by atoms with Crippen LogP contribution >= 0.6 is 0 Å². The number of ether oxygens (including phenoxy) is 1. The topological polar surface area (TPSA) is 46.6 Å². The number of esters is 1. The van der Waals surface area contributed by atoms with Crippen LogP contribution in [0.15, 0.2) is 60.3 Å². The minimum atomic E-state index is -1.11. The second kappa shape index (κ2) is 9.16. The standard InChI is InChI=1S/C23H19F4NO3/c1-3-9-31-23(30)21-13(2)28(12-14-5-4-6-18(25)22(14)27)20(29)11-17(21)16-8-7-15(24)10-19(16)26/h3-8,10,17H,1,9,11-12H2,2H3/t17-/m1/s1. The van der Waals surface area contributed by atoms with E-state index in [-0.39, 0.29) is 42.0 Å². The molecule has 2 aromatic rings. The van der Waals surface area contributed by atoms with E-state index in [1.54, 1.807) is 0 Å². The smallest absolute Gasteiger partial charge is 0.336 e. The summed E-state index contributed by atoms with van der Waals surface area (Å²) < 4.78 is 60.7. The van der Waals surface area contributed by atoms with E-state index in [4.69, 9.17) is 4.74 Å². The highest BCUT2D eigenvalue weighted by Crippen LogP contribution is 2.39. The Labute approximate surface area is 176 Å². The molecule has 0 saturated heterocycles. The van der Waals surface area contributed by atoms with E-state index in [9.17, 15) is 27.2 Å². The second-order valence-corrected chi connectivity index (χ2v) is 7.00. The van der Waals surface area contributed by atoms with Crippen LogP contribution < -0.4 is 0 Å². The lowest BCUT2D eigenvalue weighted by Gasteiger charge is -2.34. The summed E-state index contributed by atoms with van der Waals surface area (Å²) in [6.07, 6.45) is 1.00. The number of amides is 1. The Kier molecular flexibility index (Phi) is 6.58. The molecular weight excluding hydrogens is 414 g/mol. The van der Waals surface area contributed by atoms with Gasteiger partial charge in [-0.05, 0) is 24.6 Å². The zero-order valence-corrected chi connectivity index (χ0v) is 16.6. The van der Waals surface area contributed by atoms with E-state index in [1.807, 2.05) is 0 Å². The van der Waals surface area contributed by atoms with E-state index in [0.29, 0.717) is 6.07 Å². The molecule has 1 heterocycles. The van der Waals surface area contributed by atoms with Crippen molar-refractivity contribution in [2.75, 3.05) is 6.61 Å². The lowest BCUT2D eigenvalue weighted by molar-refractivity contribution is -0.139. The molecule has 4 nitrogen and oxygen atoms in total. The number of benzene rings is 2. The van der Waals surface area contributed by atoms with Gasteiger partial charge in [0.05, 0.1) is 12.1 Å². The van der Waals surface area contributed by atoms with Gasteiger partial charge in [0.15, 0.2) is 11.6 Å². The normalized spacial score (nSPS) is 16.5. The molecule has 3 rings (SSSR count). The number of halogens is 4. The summed E-state index contributed by atoms with van der Waals surface area (Å²) >= 11 is 0. The van der Waals surface area contributed by atoms with Crippen LogP contribution in [0.5, 0.6) is 0 Å². The van der Waals surface area contributed by atoms with Gasteiger partial charge in [0.1, 0.15) is 18.2 Å². The Hall–Kier alpha value is -3.42. The fourth-order valence-corrected chi connectivity index (χ4v) is 3.57. The molecule has 1 aliphatic heterocycles. The van der Waals surface area contributed by atoms with Crippen molar-refractivity contribution in [3.8, 4) is 0 Å². The maximum atomic E-state index is 14.5. The van der Waals surface area contributed by atoms with Gasteiger partial charge in [0.25, 0.3) is 0 Å². The molecule has 0 aliphatic carbocycles. The van der Waals surface area contributed by atoms with Crippen LogP contribution in [0.4, 0.5) is 17.6 Å². The molecule has 0 fully saturated rings. The van der Waals surface area contributed by atoms with Gasteiger partial charge in [0.2, 0.25) is 5.91 Å². The maximum absolute atomic E-state index is 14.5.